The molecule has 0 spiro atoms. The number of para-hydroxylation sites is 1. The molecule has 1 aliphatic heterocycles. The molecule has 0 atom stereocenters. The molecule has 1 aromatic carbocycles. The van der Waals surface area contributed by atoms with Crippen molar-refractivity contribution in [3.8, 4) is 17.3 Å². The number of fused-ring (bicyclic) bond motifs is 2. The van der Waals surface area contributed by atoms with E-state index >= 15 is 0 Å². The molecule has 4 aromatic rings. The monoisotopic (exact) mass is 374 g/mol. The Morgan fingerprint density at radius 3 is 3.07 bits per heavy atom. The number of nitrogens with zero attached hydrogens (tertiary/aromatic N) is 5. The van der Waals surface area contributed by atoms with Gasteiger partial charge >= 0.3 is 0 Å². The van der Waals surface area contributed by atoms with Gasteiger partial charge < -0.3 is 14.6 Å². The summed E-state index contributed by atoms with van der Waals surface area (Å²) < 4.78 is 10.2. The fraction of sp³-hybridized carbons (Fsp3) is 0.286. The molecule has 0 aliphatic carbocycles. The Labute approximate surface area is 163 Å². The van der Waals surface area contributed by atoms with E-state index in [0.29, 0.717) is 13.2 Å². The van der Waals surface area contributed by atoms with E-state index in [2.05, 4.69) is 30.6 Å². The Morgan fingerprint density at radius 1 is 1.11 bits per heavy atom. The molecular weight excluding hydrogens is 352 g/mol. The van der Waals surface area contributed by atoms with Crippen molar-refractivity contribution in [3.05, 3.63) is 60.7 Å². The van der Waals surface area contributed by atoms with E-state index in [-0.39, 0.29) is 0 Å². The fourth-order valence-corrected chi connectivity index (χ4v) is 3.64. The molecular formula is C21H22N6O. The lowest BCUT2D eigenvalue weighted by Crippen LogP contribution is -2.11. The van der Waals surface area contributed by atoms with Crippen LogP contribution in [0.15, 0.2) is 55.0 Å². The molecule has 7 heteroatoms. The second-order valence-corrected chi connectivity index (χ2v) is 6.90. The number of aryl methyl sites for hydroxylation is 1. The number of pyridine rings is 1. The molecule has 0 unspecified atom stereocenters. The van der Waals surface area contributed by atoms with E-state index in [1.165, 1.54) is 5.69 Å². The predicted molar refractivity (Wildman–Crippen MR) is 107 cm³/mol. The Balaban J connectivity index is 1.32. The molecule has 142 valence electrons. The fourth-order valence-electron chi connectivity index (χ4n) is 3.64. The van der Waals surface area contributed by atoms with Gasteiger partial charge in [-0.15, -0.1) is 0 Å². The summed E-state index contributed by atoms with van der Waals surface area (Å²) in [6.07, 6.45) is 6.68. The van der Waals surface area contributed by atoms with Gasteiger partial charge in [0.05, 0.1) is 12.2 Å². The summed E-state index contributed by atoms with van der Waals surface area (Å²) in [7, 11) is 0. The number of hydrogen-bond acceptors (Lipinski definition) is 5. The summed E-state index contributed by atoms with van der Waals surface area (Å²) in [5.74, 6) is 1.68. The van der Waals surface area contributed by atoms with Crippen LogP contribution in [0.25, 0.3) is 22.4 Å². The van der Waals surface area contributed by atoms with Crippen LogP contribution in [0.3, 0.4) is 0 Å². The van der Waals surface area contributed by atoms with Crippen LogP contribution < -0.4 is 10.1 Å². The van der Waals surface area contributed by atoms with Crippen LogP contribution in [0, 0.1) is 0 Å². The van der Waals surface area contributed by atoms with E-state index in [9.17, 15) is 0 Å². The van der Waals surface area contributed by atoms with Crippen molar-refractivity contribution in [2.75, 3.05) is 13.2 Å². The van der Waals surface area contributed by atoms with Crippen LogP contribution in [-0.4, -0.2) is 37.5 Å². The van der Waals surface area contributed by atoms with Crippen LogP contribution in [0.5, 0.6) is 5.75 Å². The summed E-state index contributed by atoms with van der Waals surface area (Å²) in [6.45, 7) is 4.06. The maximum atomic E-state index is 6.03. The minimum Gasteiger partial charge on any atom is -0.489 e. The lowest BCUT2D eigenvalue weighted by molar-refractivity contribution is 0.302. The Bertz CT molecular complexity index is 1070. The minimum atomic E-state index is 0.536. The van der Waals surface area contributed by atoms with Gasteiger partial charge in [0.15, 0.2) is 5.82 Å². The van der Waals surface area contributed by atoms with Gasteiger partial charge in [-0.25, -0.2) is 4.98 Å². The van der Waals surface area contributed by atoms with Crippen molar-refractivity contribution in [2.45, 2.75) is 26.1 Å². The summed E-state index contributed by atoms with van der Waals surface area (Å²) in [4.78, 5) is 8.97. The number of aromatic nitrogens is 5. The number of nitrogens with one attached hydrogen (secondary N) is 1. The van der Waals surface area contributed by atoms with Gasteiger partial charge in [-0.05, 0) is 31.2 Å². The van der Waals surface area contributed by atoms with E-state index in [0.717, 1.165) is 54.2 Å². The van der Waals surface area contributed by atoms with Crippen molar-refractivity contribution in [2.24, 2.45) is 0 Å². The van der Waals surface area contributed by atoms with E-state index < -0.39 is 0 Å². The normalized spacial score (nSPS) is 14.0. The summed E-state index contributed by atoms with van der Waals surface area (Å²) in [5.41, 5.74) is 3.01. The topological polar surface area (TPSA) is 69.8 Å². The second-order valence-electron chi connectivity index (χ2n) is 6.90. The van der Waals surface area contributed by atoms with Crippen molar-refractivity contribution in [1.82, 2.24) is 29.6 Å². The van der Waals surface area contributed by atoms with Crippen LogP contribution in [0.4, 0.5) is 0 Å². The smallest absolute Gasteiger partial charge is 0.160 e. The first kappa shape index (κ1) is 16.9. The molecule has 5 rings (SSSR count). The van der Waals surface area contributed by atoms with Crippen LogP contribution in [0.2, 0.25) is 0 Å². The van der Waals surface area contributed by atoms with Crippen molar-refractivity contribution in [1.29, 1.82) is 0 Å². The van der Waals surface area contributed by atoms with E-state index in [1.54, 1.807) is 6.20 Å². The highest BCUT2D eigenvalue weighted by Crippen LogP contribution is 2.23. The SMILES string of the molecule is c1cnc2c(OCCn3ccnc3-c3cc4n(n3)CCCNC4)cccc2c1. The molecule has 0 radical (unpaired) electrons. The molecule has 28 heavy (non-hydrogen) atoms. The van der Waals surface area contributed by atoms with Crippen molar-refractivity contribution < 1.29 is 4.74 Å². The van der Waals surface area contributed by atoms with Gasteiger partial charge in [0.1, 0.15) is 23.6 Å². The molecule has 0 saturated carbocycles. The highest BCUT2D eigenvalue weighted by molar-refractivity contribution is 5.84. The quantitative estimate of drug-likeness (QED) is 0.582. The van der Waals surface area contributed by atoms with Crippen molar-refractivity contribution >= 4 is 10.9 Å². The highest BCUT2D eigenvalue weighted by Gasteiger charge is 2.15. The number of imidazole rings is 1. The van der Waals surface area contributed by atoms with Gasteiger partial charge in [-0.2, -0.15) is 5.10 Å². The lowest BCUT2D eigenvalue weighted by Gasteiger charge is -2.10. The first-order chi connectivity index (χ1) is 13.9. The maximum Gasteiger partial charge on any atom is 0.160 e. The average Bonchev–Trinajstić information content (AvgIpc) is 3.29. The van der Waals surface area contributed by atoms with Gasteiger partial charge in [-0.1, -0.05) is 18.2 Å². The zero-order chi connectivity index (χ0) is 18.8. The molecule has 3 aromatic heterocycles. The van der Waals surface area contributed by atoms with E-state index in [1.807, 2.05) is 42.7 Å². The molecule has 0 fully saturated rings. The largest absolute Gasteiger partial charge is 0.489 e. The summed E-state index contributed by atoms with van der Waals surface area (Å²) in [6, 6.07) is 12.1. The third-order valence-corrected chi connectivity index (χ3v) is 5.02. The molecule has 7 nitrogen and oxygen atoms in total. The standard InChI is InChI=1S/C21H22N6O/c1-4-16-5-2-8-23-20(16)19(6-1)28-13-12-26-11-9-24-21(26)18-14-17-15-22-7-3-10-27(17)25-18/h1-2,4-6,8-9,11,14,22H,3,7,10,12-13,15H2. The molecule has 0 amide bonds. The Hall–Kier alpha value is -3.19. The Morgan fingerprint density at radius 2 is 2.07 bits per heavy atom. The molecule has 1 N–H and O–H groups in total. The number of benzene rings is 1. The highest BCUT2D eigenvalue weighted by atomic mass is 16.5. The van der Waals surface area contributed by atoms with Crippen LogP contribution in [-0.2, 0) is 19.6 Å². The Kier molecular flexibility index (Phi) is 4.50. The second kappa shape index (κ2) is 7.44. The molecule has 0 bridgehead atoms. The number of rotatable bonds is 5. The molecule has 1 aliphatic rings. The first-order valence-corrected chi connectivity index (χ1v) is 9.64. The molecule has 0 saturated heterocycles. The third kappa shape index (κ3) is 3.25. The minimum absolute atomic E-state index is 0.536. The van der Waals surface area contributed by atoms with E-state index in [4.69, 9.17) is 9.84 Å². The van der Waals surface area contributed by atoms with Crippen LogP contribution in [0.1, 0.15) is 12.1 Å². The van der Waals surface area contributed by atoms with Gasteiger partial charge in [0.25, 0.3) is 0 Å². The predicted octanol–water partition coefficient (Wildman–Crippen LogP) is 2.87. The lowest BCUT2D eigenvalue weighted by atomic mass is 10.2. The maximum absolute atomic E-state index is 6.03. The zero-order valence-electron chi connectivity index (χ0n) is 15.6. The average molecular weight is 374 g/mol. The summed E-state index contributed by atoms with van der Waals surface area (Å²) >= 11 is 0. The van der Waals surface area contributed by atoms with Crippen molar-refractivity contribution in [3.63, 3.8) is 0 Å². The molecule has 4 heterocycles. The summed E-state index contributed by atoms with van der Waals surface area (Å²) in [5, 5.41) is 9.27. The number of ether oxygens (including phenoxy) is 1. The zero-order valence-corrected chi connectivity index (χ0v) is 15.6. The van der Waals surface area contributed by atoms with Gasteiger partial charge in [-0.3, -0.25) is 9.67 Å². The van der Waals surface area contributed by atoms with Gasteiger partial charge in [0, 0.05) is 37.1 Å². The number of hydrogen-bond donors (Lipinski definition) is 1. The third-order valence-electron chi connectivity index (χ3n) is 5.02. The van der Waals surface area contributed by atoms with Crippen LogP contribution >= 0.6 is 0 Å². The van der Waals surface area contributed by atoms with Gasteiger partial charge in [0.2, 0.25) is 0 Å². The first-order valence-electron chi connectivity index (χ1n) is 9.64.